The molecule has 0 unspecified atom stereocenters. The Balaban J connectivity index is 2.36. The molecule has 0 spiro atoms. The van der Waals surface area contributed by atoms with Gasteiger partial charge in [0, 0.05) is 18.3 Å². The Morgan fingerprint density at radius 3 is 2.72 bits per heavy atom. The van der Waals surface area contributed by atoms with Gasteiger partial charge in [0.2, 0.25) is 0 Å². The van der Waals surface area contributed by atoms with Gasteiger partial charge in [-0.3, -0.25) is 9.40 Å². The monoisotopic (exact) mass is 286 g/mol. The van der Waals surface area contributed by atoms with Crippen molar-refractivity contribution in [1.29, 1.82) is 0 Å². The van der Waals surface area contributed by atoms with Crippen LogP contribution in [0, 0.1) is 0 Å². The van der Waals surface area contributed by atoms with Crippen LogP contribution >= 0.6 is 11.6 Å². The lowest BCUT2D eigenvalue weighted by molar-refractivity contribution is 0.601. The Bertz CT molecular complexity index is 681. The molecule has 8 heteroatoms. The summed E-state index contributed by atoms with van der Waals surface area (Å²) >= 11 is 5.78. The second-order valence-corrected chi connectivity index (χ2v) is 5.76. The number of hydrogen-bond donors (Lipinski definition) is 2. The van der Waals surface area contributed by atoms with Crippen molar-refractivity contribution >= 4 is 33.1 Å². The first-order valence-corrected chi connectivity index (χ1v) is 6.82. The molecule has 2 aromatic rings. The minimum Gasteiger partial charge on any atom is -0.381 e. The molecule has 0 radical (unpaired) electrons. The van der Waals surface area contributed by atoms with Gasteiger partial charge in [0.15, 0.2) is 5.82 Å². The summed E-state index contributed by atoms with van der Waals surface area (Å²) in [5.41, 5.74) is 5.90. The van der Waals surface area contributed by atoms with E-state index in [4.69, 9.17) is 17.3 Å². The molecule has 0 aliphatic carbocycles. The van der Waals surface area contributed by atoms with Gasteiger partial charge in [-0.15, -0.1) is 0 Å². The first-order chi connectivity index (χ1) is 8.38. The van der Waals surface area contributed by atoms with Gasteiger partial charge >= 0.3 is 0 Å². The standard InChI is InChI=1S/C10H11ClN4O2S/c1-15-6-9(10(12)13-15)18(16,17)14-8-4-2-3-7(11)5-8/h2-6,14H,1H3,(H2,12,13). The molecule has 1 aromatic carbocycles. The highest BCUT2D eigenvalue weighted by molar-refractivity contribution is 7.92. The summed E-state index contributed by atoms with van der Waals surface area (Å²) in [5.74, 6) is -0.0490. The van der Waals surface area contributed by atoms with Crippen molar-refractivity contribution < 1.29 is 8.42 Å². The average molecular weight is 287 g/mol. The number of nitrogens with zero attached hydrogens (tertiary/aromatic N) is 2. The lowest BCUT2D eigenvalue weighted by atomic mass is 10.3. The van der Waals surface area contributed by atoms with Crippen LogP contribution in [0.25, 0.3) is 0 Å². The number of hydrogen-bond acceptors (Lipinski definition) is 4. The lowest BCUT2D eigenvalue weighted by Crippen LogP contribution is -2.13. The molecular weight excluding hydrogens is 276 g/mol. The smallest absolute Gasteiger partial charge is 0.267 e. The maximum absolute atomic E-state index is 12.1. The maximum Gasteiger partial charge on any atom is 0.267 e. The topological polar surface area (TPSA) is 90.0 Å². The maximum atomic E-state index is 12.1. The summed E-state index contributed by atoms with van der Waals surface area (Å²) in [7, 11) is -2.16. The Kier molecular flexibility index (Phi) is 3.18. The van der Waals surface area contributed by atoms with Crippen molar-refractivity contribution in [3.63, 3.8) is 0 Å². The lowest BCUT2D eigenvalue weighted by Gasteiger charge is -2.06. The molecule has 3 N–H and O–H groups in total. The zero-order valence-electron chi connectivity index (χ0n) is 9.46. The Hall–Kier alpha value is -1.73. The molecule has 0 bridgehead atoms. The van der Waals surface area contributed by atoms with E-state index in [1.165, 1.54) is 16.9 Å². The predicted molar refractivity (Wildman–Crippen MR) is 69.9 cm³/mol. The van der Waals surface area contributed by atoms with Crippen molar-refractivity contribution in [2.75, 3.05) is 10.5 Å². The van der Waals surface area contributed by atoms with Crippen molar-refractivity contribution in [1.82, 2.24) is 9.78 Å². The number of nitrogens with one attached hydrogen (secondary N) is 1. The van der Waals surface area contributed by atoms with Crippen LogP contribution in [0.2, 0.25) is 5.02 Å². The van der Waals surface area contributed by atoms with Gasteiger partial charge in [0.05, 0.1) is 5.69 Å². The van der Waals surface area contributed by atoms with E-state index < -0.39 is 10.0 Å². The number of sulfonamides is 1. The number of nitrogens with two attached hydrogens (primary N) is 1. The van der Waals surface area contributed by atoms with E-state index >= 15 is 0 Å². The van der Waals surface area contributed by atoms with Crippen LogP contribution in [0.4, 0.5) is 11.5 Å². The molecule has 96 valence electrons. The first-order valence-electron chi connectivity index (χ1n) is 4.96. The second kappa shape index (κ2) is 4.51. The molecule has 0 aliphatic rings. The number of rotatable bonds is 3. The first kappa shape index (κ1) is 12.7. The zero-order valence-corrected chi connectivity index (χ0v) is 11.0. The second-order valence-electron chi connectivity index (χ2n) is 3.67. The average Bonchev–Trinajstić information content (AvgIpc) is 2.58. The number of benzene rings is 1. The van der Waals surface area contributed by atoms with Gasteiger partial charge in [0.1, 0.15) is 4.90 Å². The van der Waals surface area contributed by atoms with E-state index in [9.17, 15) is 8.42 Å². The van der Waals surface area contributed by atoms with Crippen LogP contribution in [0.1, 0.15) is 0 Å². The molecule has 18 heavy (non-hydrogen) atoms. The van der Waals surface area contributed by atoms with Crippen molar-refractivity contribution in [3.8, 4) is 0 Å². The van der Waals surface area contributed by atoms with Gasteiger partial charge in [0.25, 0.3) is 10.0 Å². The van der Waals surface area contributed by atoms with E-state index in [1.807, 2.05) is 0 Å². The third-order valence-electron chi connectivity index (χ3n) is 2.19. The summed E-state index contributed by atoms with van der Waals surface area (Å²) < 4.78 is 27.8. The highest BCUT2D eigenvalue weighted by Crippen LogP contribution is 2.21. The van der Waals surface area contributed by atoms with Crippen molar-refractivity contribution in [2.24, 2.45) is 7.05 Å². The largest absolute Gasteiger partial charge is 0.381 e. The third kappa shape index (κ3) is 2.57. The third-order valence-corrected chi connectivity index (χ3v) is 3.82. The van der Waals surface area contributed by atoms with Gasteiger partial charge in [-0.1, -0.05) is 17.7 Å². The van der Waals surface area contributed by atoms with Gasteiger partial charge < -0.3 is 5.73 Å². The van der Waals surface area contributed by atoms with Gasteiger partial charge in [-0.05, 0) is 18.2 Å². The van der Waals surface area contributed by atoms with E-state index in [-0.39, 0.29) is 10.7 Å². The Morgan fingerprint density at radius 1 is 1.44 bits per heavy atom. The number of anilines is 2. The molecule has 0 saturated heterocycles. The molecule has 6 nitrogen and oxygen atoms in total. The number of aromatic nitrogens is 2. The van der Waals surface area contributed by atoms with E-state index in [0.29, 0.717) is 10.7 Å². The molecule has 0 amide bonds. The summed E-state index contributed by atoms with van der Waals surface area (Å²) in [4.78, 5) is -0.0648. The van der Waals surface area contributed by atoms with Crippen LogP contribution in [0.5, 0.6) is 0 Å². The fourth-order valence-electron chi connectivity index (χ4n) is 1.45. The molecule has 0 fully saturated rings. The highest BCUT2D eigenvalue weighted by Gasteiger charge is 2.20. The quantitative estimate of drug-likeness (QED) is 0.894. The molecule has 0 saturated carbocycles. The summed E-state index contributed by atoms with van der Waals surface area (Å²) in [6.45, 7) is 0. The van der Waals surface area contributed by atoms with Crippen LogP contribution in [0.15, 0.2) is 35.4 Å². The highest BCUT2D eigenvalue weighted by atomic mass is 35.5. The summed E-state index contributed by atoms with van der Waals surface area (Å²) in [6.07, 6.45) is 1.34. The van der Waals surface area contributed by atoms with Crippen LogP contribution in [-0.4, -0.2) is 18.2 Å². The molecule has 1 aromatic heterocycles. The van der Waals surface area contributed by atoms with E-state index in [2.05, 4.69) is 9.82 Å². The molecule has 2 rings (SSSR count). The van der Waals surface area contributed by atoms with E-state index in [1.54, 1.807) is 25.2 Å². The predicted octanol–water partition coefficient (Wildman–Crippen LogP) is 1.46. The van der Waals surface area contributed by atoms with Crippen LogP contribution in [0.3, 0.4) is 0 Å². The van der Waals surface area contributed by atoms with Crippen LogP contribution in [-0.2, 0) is 17.1 Å². The zero-order chi connectivity index (χ0) is 13.3. The number of nitrogen functional groups attached to an aromatic ring is 1. The fourth-order valence-corrected chi connectivity index (χ4v) is 2.80. The summed E-state index contributed by atoms with van der Waals surface area (Å²) in [5, 5.41) is 4.22. The van der Waals surface area contributed by atoms with E-state index in [0.717, 1.165) is 0 Å². The van der Waals surface area contributed by atoms with Gasteiger partial charge in [-0.2, -0.15) is 5.10 Å². The van der Waals surface area contributed by atoms with Crippen molar-refractivity contribution in [2.45, 2.75) is 4.90 Å². The molecule has 1 heterocycles. The normalized spacial score (nSPS) is 11.4. The molecule has 0 aliphatic heterocycles. The number of aryl methyl sites for hydroxylation is 1. The summed E-state index contributed by atoms with van der Waals surface area (Å²) in [6, 6.07) is 6.40. The minimum absolute atomic E-state index is 0.0490. The van der Waals surface area contributed by atoms with Gasteiger partial charge in [-0.25, -0.2) is 8.42 Å². The Morgan fingerprint density at radius 2 is 2.17 bits per heavy atom. The minimum atomic E-state index is -3.76. The molecular formula is C10H11ClN4O2S. The van der Waals surface area contributed by atoms with Crippen molar-refractivity contribution in [3.05, 3.63) is 35.5 Å². The number of halogens is 1. The van der Waals surface area contributed by atoms with Crippen LogP contribution < -0.4 is 10.5 Å². The SMILES string of the molecule is Cn1cc(S(=O)(=O)Nc2cccc(Cl)c2)c(N)n1. The Labute approximate surface area is 109 Å². The fraction of sp³-hybridized carbons (Fsp3) is 0.100. The molecule has 0 atom stereocenters.